The molecular formula is C15H22FNO. The van der Waals surface area contributed by atoms with Gasteiger partial charge in [0.15, 0.2) is 5.78 Å². The SMILES string of the molecule is CCC(CC)(C(=O)c1ccc(C)c(F)c1)N(C)C. The third-order valence-corrected chi connectivity index (χ3v) is 3.88. The summed E-state index contributed by atoms with van der Waals surface area (Å²) >= 11 is 0. The number of Topliss-reactive ketones (excluding diaryl/α,β-unsaturated/α-hetero) is 1. The number of hydrogen-bond acceptors (Lipinski definition) is 2. The van der Waals surface area contributed by atoms with E-state index in [0.717, 1.165) is 0 Å². The number of rotatable bonds is 5. The maximum Gasteiger partial charge on any atom is 0.183 e. The number of benzene rings is 1. The molecule has 2 nitrogen and oxygen atoms in total. The molecule has 0 saturated carbocycles. The summed E-state index contributed by atoms with van der Waals surface area (Å²) in [6, 6.07) is 4.72. The van der Waals surface area contributed by atoms with Gasteiger partial charge < -0.3 is 0 Å². The number of hydrogen-bond donors (Lipinski definition) is 0. The molecule has 1 aromatic carbocycles. The van der Waals surface area contributed by atoms with Crippen LogP contribution in [0.1, 0.15) is 42.6 Å². The second-order valence-electron chi connectivity index (χ2n) is 4.93. The lowest BCUT2D eigenvalue weighted by atomic mass is 9.83. The van der Waals surface area contributed by atoms with Gasteiger partial charge in [-0.05, 0) is 45.5 Å². The zero-order chi connectivity index (χ0) is 13.9. The molecule has 0 amide bonds. The van der Waals surface area contributed by atoms with E-state index in [2.05, 4.69) is 0 Å². The molecule has 0 radical (unpaired) electrons. The molecule has 0 spiro atoms. The Kier molecular flexibility index (Phi) is 4.63. The molecule has 0 atom stereocenters. The van der Waals surface area contributed by atoms with Gasteiger partial charge in [-0.25, -0.2) is 4.39 Å². The van der Waals surface area contributed by atoms with Crippen LogP contribution in [0.25, 0.3) is 0 Å². The first-order chi connectivity index (χ1) is 8.39. The van der Waals surface area contributed by atoms with E-state index < -0.39 is 5.54 Å². The molecule has 18 heavy (non-hydrogen) atoms. The number of ketones is 1. The summed E-state index contributed by atoms with van der Waals surface area (Å²) in [5.41, 5.74) is 0.479. The van der Waals surface area contributed by atoms with Gasteiger partial charge in [0.2, 0.25) is 0 Å². The van der Waals surface area contributed by atoms with E-state index in [4.69, 9.17) is 0 Å². The van der Waals surface area contributed by atoms with Crippen LogP contribution in [0.4, 0.5) is 4.39 Å². The van der Waals surface area contributed by atoms with Crippen LogP contribution in [0.2, 0.25) is 0 Å². The maximum atomic E-state index is 13.6. The fraction of sp³-hybridized carbons (Fsp3) is 0.533. The molecule has 0 unspecified atom stereocenters. The van der Waals surface area contributed by atoms with E-state index in [1.54, 1.807) is 19.1 Å². The van der Waals surface area contributed by atoms with Crippen LogP contribution >= 0.6 is 0 Å². The zero-order valence-corrected chi connectivity index (χ0v) is 11.9. The summed E-state index contributed by atoms with van der Waals surface area (Å²) in [4.78, 5) is 14.6. The number of carbonyl (C=O) groups is 1. The molecule has 100 valence electrons. The normalized spacial score (nSPS) is 11.9. The van der Waals surface area contributed by atoms with Crippen molar-refractivity contribution in [3.63, 3.8) is 0 Å². The summed E-state index contributed by atoms with van der Waals surface area (Å²) in [7, 11) is 3.80. The molecule has 0 N–H and O–H groups in total. The predicted octanol–water partition coefficient (Wildman–Crippen LogP) is 3.44. The Morgan fingerprint density at radius 2 is 1.83 bits per heavy atom. The van der Waals surface area contributed by atoms with Gasteiger partial charge in [-0.2, -0.15) is 0 Å². The van der Waals surface area contributed by atoms with Crippen LogP contribution < -0.4 is 0 Å². The summed E-state index contributed by atoms with van der Waals surface area (Å²) in [5, 5.41) is 0. The number of aryl methyl sites for hydroxylation is 1. The Balaban J connectivity index is 3.22. The van der Waals surface area contributed by atoms with Gasteiger partial charge in [-0.1, -0.05) is 26.0 Å². The summed E-state index contributed by atoms with van der Waals surface area (Å²) in [6.07, 6.45) is 1.43. The standard InChI is InChI=1S/C15H22FNO/c1-6-15(7-2,17(4)5)14(18)12-9-8-11(3)13(16)10-12/h8-10H,6-7H2,1-5H3. The topological polar surface area (TPSA) is 20.3 Å². The zero-order valence-electron chi connectivity index (χ0n) is 11.9. The first-order valence-electron chi connectivity index (χ1n) is 6.37. The number of nitrogens with zero attached hydrogens (tertiary/aromatic N) is 1. The van der Waals surface area contributed by atoms with Crippen molar-refractivity contribution in [2.24, 2.45) is 0 Å². The monoisotopic (exact) mass is 251 g/mol. The molecule has 1 rings (SSSR count). The molecule has 0 aliphatic rings. The van der Waals surface area contributed by atoms with E-state index in [-0.39, 0.29) is 11.6 Å². The number of carbonyl (C=O) groups excluding carboxylic acids is 1. The Hall–Kier alpha value is -1.22. The Labute approximate surface area is 109 Å². The van der Waals surface area contributed by atoms with E-state index in [1.165, 1.54) is 6.07 Å². The Morgan fingerprint density at radius 1 is 1.28 bits per heavy atom. The van der Waals surface area contributed by atoms with Crippen molar-refractivity contribution in [3.05, 3.63) is 35.1 Å². The lowest BCUT2D eigenvalue weighted by molar-refractivity contribution is 0.0656. The second-order valence-corrected chi connectivity index (χ2v) is 4.93. The molecule has 0 saturated heterocycles. The van der Waals surface area contributed by atoms with Crippen molar-refractivity contribution in [1.29, 1.82) is 0 Å². The largest absolute Gasteiger partial charge is 0.297 e. The van der Waals surface area contributed by atoms with Gasteiger partial charge in [-0.15, -0.1) is 0 Å². The number of likely N-dealkylation sites (N-methyl/N-ethyl adjacent to an activating group) is 1. The van der Waals surface area contributed by atoms with Crippen LogP contribution in [0.3, 0.4) is 0 Å². The van der Waals surface area contributed by atoms with Crippen LogP contribution in [0.15, 0.2) is 18.2 Å². The predicted molar refractivity (Wildman–Crippen MR) is 72.5 cm³/mol. The van der Waals surface area contributed by atoms with Gasteiger partial charge in [0.05, 0.1) is 5.54 Å². The lowest BCUT2D eigenvalue weighted by Gasteiger charge is -2.37. The van der Waals surface area contributed by atoms with Gasteiger partial charge in [-0.3, -0.25) is 9.69 Å². The molecule has 0 bridgehead atoms. The summed E-state index contributed by atoms with van der Waals surface area (Å²) < 4.78 is 13.6. The van der Waals surface area contributed by atoms with E-state index in [0.29, 0.717) is 24.0 Å². The fourth-order valence-electron chi connectivity index (χ4n) is 2.41. The van der Waals surface area contributed by atoms with Crippen molar-refractivity contribution in [3.8, 4) is 0 Å². The highest BCUT2D eigenvalue weighted by molar-refractivity contribution is 6.03. The molecule has 3 heteroatoms. The minimum atomic E-state index is -0.540. The molecular weight excluding hydrogens is 229 g/mol. The van der Waals surface area contributed by atoms with E-state index in [1.807, 2.05) is 32.8 Å². The van der Waals surface area contributed by atoms with Gasteiger partial charge in [0.1, 0.15) is 5.82 Å². The highest BCUT2D eigenvalue weighted by atomic mass is 19.1. The minimum absolute atomic E-state index is 0.00333. The lowest BCUT2D eigenvalue weighted by Crippen LogP contribution is -2.50. The Morgan fingerprint density at radius 3 is 2.22 bits per heavy atom. The maximum absolute atomic E-state index is 13.6. The van der Waals surface area contributed by atoms with Crippen molar-refractivity contribution in [2.45, 2.75) is 39.2 Å². The smallest absolute Gasteiger partial charge is 0.183 e. The Bertz CT molecular complexity index is 436. The highest BCUT2D eigenvalue weighted by Crippen LogP contribution is 2.27. The quantitative estimate of drug-likeness (QED) is 0.747. The third-order valence-electron chi connectivity index (χ3n) is 3.88. The average molecular weight is 251 g/mol. The molecule has 0 fully saturated rings. The van der Waals surface area contributed by atoms with Crippen molar-refractivity contribution in [1.82, 2.24) is 4.90 Å². The third kappa shape index (κ3) is 2.46. The molecule has 0 aliphatic carbocycles. The highest BCUT2D eigenvalue weighted by Gasteiger charge is 2.37. The van der Waals surface area contributed by atoms with E-state index in [9.17, 15) is 9.18 Å². The van der Waals surface area contributed by atoms with Gasteiger partial charge in [0, 0.05) is 5.56 Å². The average Bonchev–Trinajstić information content (AvgIpc) is 2.34. The van der Waals surface area contributed by atoms with Crippen molar-refractivity contribution >= 4 is 5.78 Å². The van der Waals surface area contributed by atoms with Crippen LogP contribution in [0.5, 0.6) is 0 Å². The fourth-order valence-corrected chi connectivity index (χ4v) is 2.41. The van der Waals surface area contributed by atoms with Crippen LogP contribution in [0, 0.1) is 12.7 Å². The first-order valence-corrected chi connectivity index (χ1v) is 6.37. The summed E-state index contributed by atoms with van der Waals surface area (Å²) in [6.45, 7) is 5.68. The second kappa shape index (κ2) is 5.61. The molecule has 0 aliphatic heterocycles. The van der Waals surface area contributed by atoms with E-state index >= 15 is 0 Å². The van der Waals surface area contributed by atoms with Crippen molar-refractivity contribution < 1.29 is 9.18 Å². The van der Waals surface area contributed by atoms with Crippen LogP contribution in [-0.2, 0) is 0 Å². The summed E-state index contributed by atoms with van der Waals surface area (Å²) in [5.74, 6) is -0.322. The molecule has 0 aromatic heterocycles. The van der Waals surface area contributed by atoms with Gasteiger partial charge in [0.25, 0.3) is 0 Å². The van der Waals surface area contributed by atoms with Crippen molar-refractivity contribution in [2.75, 3.05) is 14.1 Å². The minimum Gasteiger partial charge on any atom is -0.297 e. The van der Waals surface area contributed by atoms with Gasteiger partial charge >= 0.3 is 0 Å². The molecule has 0 heterocycles. The number of halogens is 1. The molecule has 1 aromatic rings. The first kappa shape index (κ1) is 14.8. The van der Waals surface area contributed by atoms with Crippen LogP contribution in [-0.4, -0.2) is 30.3 Å².